The number of carboxylic acids is 1. The molecule has 0 spiro atoms. The third kappa shape index (κ3) is 14.2. The fraction of sp³-hybridized carbons (Fsp3) is 0.833. The zero-order valence-electron chi connectivity index (χ0n) is 8.22. The molecule has 0 radical (unpaired) electrons. The number of hydrogen-bond donors (Lipinski definition) is 3. The predicted octanol–water partition coefficient (Wildman–Crippen LogP) is 1.46. The second kappa shape index (κ2) is 9.39. The minimum atomic E-state index is -3.13. The Bertz CT molecular complexity index is 210. The highest BCUT2D eigenvalue weighted by Gasteiger charge is 2.23. The van der Waals surface area contributed by atoms with Crippen LogP contribution in [0.5, 0.6) is 0 Å². The molecule has 15 heavy (non-hydrogen) atoms. The first-order valence-corrected chi connectivity index (χ1v) is 5.91. The van der Waals surface area contributed by atoms with E-state index in [1.54, 1.807) is 0 Å². The zero-order valence-corrected chi connectivity index (χ0v) is 10.7. The van der Waals surface area contributed by atoms with Crippen molar-refractivity contribution < 1.29 is 24.3 Å². The molecule has 0 aromatic heterocycles. The molecule has 6 nitrogen and oxygen atoms in total. The van der Waals surface area contributed by atoms with Crippen LogP contribution in [0.4, 0.5) is 0 Å². The maximum Gasteiger partial charge on any atom is 0.323 e. The maximum absolute atomic E-state index is 10.5. The lowest BCUT2D eigenvalue weighted by Gasteiger charge is -2.16. The molecule has 0 aliphatic heterocycles. The molecule has 9 heteroatoms. The summed E-state index contributed by atoms with van der Waals surface area (Å²) in [4.78, 5) is 24.8. The van der Waals surface area contributed by atoms with Gasteiger partial charge in [-0.3, -0.25) is 9.36 Å². The van der Waals surface area contributed by atoms with E-state index in [0.717, 1.165) is 0 Å². The van der Waals surface area contributed by atoms with Gasteiger partial charge in [0.25, 0.3) is 0 Å². The molecule has 0 aliphatic carbocycles. The van der Waals surface area contributed by atoms with Crippen molar-refractivity contribution in [1.29, 1.82) is 0 Å². The molecule has 0 bridgehead atoms. The summed E-state index contributed by atoms with van der Waals surface area (Å²) < 4.78 is 9.42. The van der Waals surface area contributed by atoms with Crippen molar-refractivity contribution in [3.05, 3.63) is 0 Å². The molecule has 0 saturated heterocycles. The SMILES string of the molecule is CC(C)CC(C(=O)O)N(Cl)Cl.O=[PH](O)O. The van der Waals surface area contributed by atoms with Gasteiger partial charge in [0.1, 0.15) is 6.04 Å². The van der Waals surface area contributed by atoms with Gasteiger partial charge >= 0.3 is 14.2 Å². The lowest BCUT2D eigenvalue weighted by atomic mass is 10.1. The van der Waals surface area contributed by atoms with Crippen LogP contribution in [0.1, 0.15) is 20.3 Å². The smallest absolute Gasteiger partial charge is 0.323 e. The summed E-state index contributed by atoms with van der Waals surface area (Å²) in [7, 11) is -3.13. The largest absolute Gasteiger partial charge is 0.480 e. The first kappa shape index (κ1) is 17.6. The van der Waals surface area contributed by atoms with Crippen molar-refractivity contribution in [3.8, 4) is 0 Å². The number of carboxylic acid groups (broad SMARTS) is 1. The van der Waals surface area contributed by atoms with E-state index in [1.165, 1.54) is 0 Å². The quantitative estimate of drug-likeness (QED) is 0.533. The van der Waals surface area contributed by atoms with Gasteiger partial charge in [-0.1, -0.05) is 13.8 Å². The van der Waals surface area contributed by atoms with Gasteiger partial charge < -0.3 is 14.9 Å². The van der Waals surface area contributed by atoms with E-state index in [-0.39, 0.29) is 5.92 Å². The Hall–Kier alpha value is 0.160. The molecule has 0 aromatic rings. The van der Waals surface area contributed by atoms with E-state index in [4.69, 9.17) is 43.0 Å². The van der Waals surface area contributed by atoms with Crippen molar-refractivity contribution in [1.82, 2.24) is 3.94 Å². The summed E-state index contributed by atoms with van der Waals surface area (Å²) in [5.41, 5.74) is 0. The molecule has 0 saturated carbocycles. The van der Waals surface area contributed by atoms with Gasteiger partial charge in [-0.25, -0.2) is 0 Å². The fourth-order valence-corrected chi connectivity index (χ4v) is 1.04. The number of halogens is 2. The van der Waals surface area contributed by atoms with E-state index in [1.807, 2.05) is 13.8 Å². The number of nitrogens with zero attached hydrogens (tertiary/aromatic N) is 1. The minimum absolute atomic E-state index is 0.260. The van der Waals surface area contributed by atoms with Crippen LogP contribution in [0.25, 0.3) is 0 Å². The molecular formula is C6H14Cl2NO5P. The fourth-order valence-electron chi connectivity index (χ4n) is 0.711. The Kier molecular flexibility index (Phi) is 11.0. The third-order valence-corrected chi connectivity index (χ3v) is 1.69. The predicted molar refractivity (Wildman–Crippen MR) is 57.9 cm³/mol. The van der Waals surface area contributed by atoms with E-state index in [0.29, 0.717) is 10.4 Å². The Balaban J connectivity index is 0. The number of aliphatic carboxylic acids is 1. The monoisotopic (exact) mass is 281 g/mol. The first-order chi connectivity index (χ1) is 6.68. The Labute approximate surface area is 98.6 Å². The van der Waals surface area contributed by atoms with Gasteiger partial charge in [0, 0.05) is 0 Å². The van der Waals surface area contributed by atoms with Crippen LogP contribution in [0.2, 0.25) is 0 Å². The normalized spacial score (nSPS) is 12.6. The van der Waals surface area contributed by atoms with E-state index < -0.39 is 20.3 Å². The van der Waals surface area contributed by atoms with Gasteiger partial charge in [-0.15, -0.1) is 3.94 Å². The molecule has 0 heterocycles. The van der Waals surface area contributed by atoms with Crippen molar-refractivity contribution >= 4 is 37.8 Å². The summed E-state index contributed by atoms with van der Waals surface area (Å²) >= 11 is 10.6. The molecule has 0 aliphatic rings. The lowest BCUT2D eigenvalue weighted by molar-refractivity contribution is -0.140. The molecule has 92 valence electrons. The number of carbonyl (C=O) groups is 1. The van der Waals surface area contributed by atoms with Crippen LogP contribution in [0.15, 0.2) is 0 Å². The zero-order chi connectivity index (χ0) is 12.6. The molecule has 0 rings (SSSR count). The van der Waals surface area contributed by atoms with Gasteiger partial charge in [0.2, 0.25) is 0 Å². The third-order valence-electron chi connectivity index (χ3n) is 1.22. The van der Waals surface area contributed by atoms with Crippen LogP contribution < -0.4 is 0 Å². The molecule has 1 unspecified atom stereocenters. The summed E-state index contributed by atoms with van der Waals surface area (Å²) in [5.74, 6) is -0.736. The summed E-state index contributed by atoms with van der Waals surface area (Å²) in [6, 6.07) is -0.807. The minimum Gasteiger partial charge on any atom is -0.480 e. The molecule has 0 fully saturated rings. The van der Waals surface area contributed by atoms with Gasteiger partial charge in [0.05, 0.1) is 0 Å². The van der Waals surface area contributed by atoms with Crippen LogP contribution in [0.3, 0.4) is 0 Å². The number of hydrogen-bond acceptors (Lipinski definition) is 3. The Morgan fingerprint density at radius 2 is 1.73 bits per heavy atom. The topological polar surface area (TPSA) is 98.1 Å². The van der Waals surface area contributed by atoms with Crippen molar-refractivity contribution in [2.75, 3.05) is 0 Å². The summed E-state index contributed by atoms with van der Waals surface area (Å²) in [5, 5.41) is 8.58. The van der Waals surface area contributed by atoms with E-state index in [9.17, 15) is 4.79 Å². The summed E-state index contributed by atoms with van der Waals surface area (Å²) in [6.45, 7) is 3.82. The Morgan fingerprint density at radius 3 is 1.80 bits per heavy atom. The maximum atomic E-state index is 10.5. The first-order valence-electron chi connectivity index (χ1n) is 3.94. The van der Waals surface area contributed by atoms with Crippen LogP contribution in [-0.4, -0.2) is 30.8 Å². The average molecular weight is 282 g/mol. The molecule has 3 N–H and O–H groups in total. The van der Waals surface area contributed by atoms with Crippen molar-refractivity contribution in [2.45, 2.75) is 26.3 Å². The standard InChI is InChI=1S/C6H11Cl2NO2.H3O3P/c1-4(2)3-5(6(10)11)9(7)8;1-4(2)3/h4-5H,3H2,1-2H3,(H,10,11);4H,(H2,1,2,3). The van der Waals surface area contributed by atoms with E-state index in [2.05, 4.69) is 0 Å². The highest BCUT2D eigenvalue weighted by molar-refractivity contribution is 7.30. The van der Waals surface area contributed by atoms with Gasteiger partial charge in [-0.2, -0.15) is 0 Å². The number of rotatable bonds is 4. The second-order valence-electron chi connectivity index (χ2n) is 3.03. The second-order valence-corrected chi connectivity index (χ2v) is 4.49. The van der Waals surface area contributed by atoms with Crippen LogP contribution in [-0.2, 0) is 9.36 Å². The van der Waals surface area contributed by atoms with Crippen molar-refractivity contribution in [2.24, 2.45) is 5.92 Å². The highest BCUT2D eigenvalue weighted by Crippen LogP contribution is 2.15. The molecule has 0 amide bonds. The molecular weight excluding hydrogens is 268 g/mol. The molecule has 1 atom stereocenters. The van der Waals surface area contributed by atoms with Crippen LogP contribution in [0, 0.1) is 5.92 Å². The highest BCUT2D eigenvalue weighted by atomic mass is 35.5. The van der Waals surface area contributed by atoms with Gasteiger partial charge in [0.15, 0.2) is 0 Å². The van der Waals surface area contributed by atoms with Crippen LogP contribution >= 0.6 is 31.8 Å². The van der Waals surface area contributed by atoms with Crippen molar-refractivity contribution in [3.63, 3.8) is 0 Å². The lowest BCUT2D eigenvalue weighted by Crippen LogP contribution is -2.30. The molecule has 0 aromatic carbocycles. The van der Waals surface area contributed by atoms with Gasteiger partial charge in [-0.05, 0) is 35.9 Å². The Morgan fingerprint density at radius 1 is 1.40 bits per heavy atom. The summed E-state index contributed by atoms with van der Waals surface area (Å²) in [6.07, 6.45) is 0.447. The van der Waals surface area contributed by atoms with E-state index >= 15 is 0 Å². The average Bonchev–Trinajstić information content (AvgIpc) is 1.97.